The van der Waals surface area contributed by atoms with Crippen LogP contribution in [0.1, 0.15) is 17.0 Å². The van der Waals surface area contributed by atoms with E-state index in [-0.39, 0.29) is 11.2 Å². The standard InChI is InChI=1S/C19H17NO3S2/c21-25(22)18-2-1-14(15-4-6-24-12-15)7-16(18)17-9-20(10-19(17)25)8-13-3-5-23-11-13/h1-7,11-12,17,19H,8-10H2/t17-,19+/m1/s1. The molecule has 5 rings (SSSR count). The summed E-state index contributed by atoms with van der Waals surface area (Å²) in [7, 11) is -3.24. The van der Waals surface area contributed by atoms with E-state index in [1.807, 2.05) is 17.5 Å². The fraction of sp³-hybridized carbons (Fsp3) is 0.263. The molecule has 2 aliphatic heterocycles. The third kappa shape index (κ3) is 2.39. The van der Waals surface area contributed by atoms with Crippen LogP contribution in [0.15, 0.2) is 62.9 Å². The first-order chi connectivity index (χ1) is 12.1. The fourth-order valence-corrected chi connectivity index (χ4v) is 6.96. The van der Waals surface area contributed by atoms with Crippen LogP contribution in [0.3, 0.4) is 0 Å². The van der Waals surface area contributed by atoms with Gasteiger partial charge in [0.15, 0.2) is 9.84 Å². The van der Waals surface area contributed by atoms with Crippen molar-refractivity contribution in [2.75, 3.05) is 13.1 Å². The smallest absolute Gasteiger partial charge is 0.183 e. The Balaban J connectivity index is 1.51. The third-order valence-corrected chi connectivity index (χ3v) is 8.24. The average molecular weight is 371 g/mol. The van der Waals surface area contributed by atoms with Crippen LogP contribution in [-0.4, -0.2) is 31.7 Å². The van der Waals surface area contributed by atoms with Crippen LogP contribution in [0.5, 0.6) is 0 Å². The van der Waals surface area contributed by atoms with Crippen LogP contribution >= 0.6 is 11.3 Å². The molecule has 0 unspecified atom stereocenters. The van der Waals surface area contributed by atoms with Crippen molar-refractivity contribution in [3.63, 3.8) is 0 Å². The number of likely N-dealkylation sites (tertiary alicyclic amines) is 1. The minimum Gasteiger partial charge on any atom is -0.472 e. The quantitative estimate of drug-likeness (QED) is 0.703. The predicted octanol–water partition coefficient (Wildman–Crippen LogP) is 3.76. The Labute approximate surface area is 150 Å². The summed E-state index contributed by atoms with van der Waals surface area (Å²) in [6, 6.07) is 9.83. The molecular formula is C19H17NO3S2. The number of rotatable bonds is 3. The van der Waals surface area contributed by atoms with Crippen molar-refractivity contribution in [3.05, 3.63) is 64.7 Å². The molecule has 0 radical (unpaired) electrons. The van der Waals surface area contributed by atoms with Gasteiger partial charge in [-0.3, -0.25) is 4.90 Å². The molecule has 3 aromatic rings. The summed E-state index contributed by atoms with van der Waals surface area (Å²) < 4.78 is 31.1. The van der Waals surface area contributed by atoms with Gasteiger partial charge in [0.25, 0.3) is 0 Å². The highest BCUT2D eigenvalue weighted by atomic mass is 32.2. The molecule has 0 bridgehead atoms. The summed E-state index contributed by atoms with van der Waals surface area (Å²) >= 11 is 1.65. The molecule has 1 fully saturated rings. The first-order valence-corrected chi connectivity index (χ1v) is 10.8. The van der Waals surface area contributed by atoms with Gasteiger partial charge in [-0.2, -0.15) is 11.3 Å². The van der Waals surface area contributed by atoms with Gasteiger partial charge in [0.05, 0.1) is 22.7 Å². The molecule has 1 saturated heterocycles. The number of thiophene rings is 1. The van der Waals surface area contributed by atoms with E-state index < -0.39 is 9.84 Å². The van der Waals surface area contributed by atoms with E-state index in [1.54, 1.807) is 29.9 Å². The molecule has 25 heavy (non-hydrogen) atoms. The highest BCUT2D eigenvalue weighted by Crippen LogP contribution is 2.46. The summed E-state index contributed by atoms with van der Waals surface area (Å²) in [6.45, 7) is 2.09. The molecule has 6 heteroatoms. The molecule has 0 aliphatic carbocycles. The molecule has 128 valence electrons. The lowest BCUT2D eigenvalue weighted by Crippen LogP contribution is -2.25. The van der Waals surface area contributed by atoms with Gasteiger partial charge in [-0.15, -0.1) is 0 Å². The third-order valence-electron chi connectivity index (χ3n) is 5.30. The van der Waals surface area contributed by atoms with Gasteiger partial charge in [0.1, 0.15) is 0 Å². The lowest BCUT2D eigenvalue weighted by Gasteiger charge is -2.16. The highest BCUT2D eigenvalue weighted by molar-refractivity contribution is 7.92. The summed E-state index contributed by atoms with van der Waals surface area (Å²) in [5.41, 5.74) is 4.33. The minimum atomic E-state index is -3.24. The largest absolute Gasteiger partial charge is 0.472 e. The Kier molecular flexibility index (Phi) is 3.42. The van der Waals surface area contributed by atoms with Gasteiger partial charge in [-0.1, -0.05) is 6.07 Å². The molecule has 2 atom stereocenters. The predicted molar refractivity (Wildman–Crippen MR) is 97.5 cm³/mol. The van der Waals surface area contributed by atoms with Crippen molar-refractivity contribution in [1.82, 2.24) is 4.90 Å². The van der Waals surface area contributed by atoms with E-state index in [9.17, 15) is 8.42 Å². The minimum absolute atomic E-state index is 0.0606. The Morgan fingerprint density at radius 1 is 1.16 bits per heavy atom. The second-order valence-electron chi connectivity index (χ2n) is 6.78. The average Bonchev–Trinajstić information content (AvgIpc) is 3.37. The van der Waals surface area contributed by atoms with Gasteiger partial charge in [0, 0.05) is 31.1 Å². The van der Waals surface area contributed by atoms with Crippen LogP contribution in [0, 0.1) is 0 Å². The number of nitrogens with zero attached hydrogens (tertiary/aromatic N) is 1. The molecule has 0 N–H and O–H groups in total. The number of hydrogen-bond acceptors (Lipinski definition) is 5. The first-order valence-electron chi connectivity index (χ1n) is 8.27. The van der Waals surface area contributed by atoms with Crippen LogP contribution in [0.2, 0.25) is 0 Å². The number of hydrogen-bond donors (Lipinski definition) is 0. The maximum absolute atomic E-state index is 13.0. The maximum Gasteiger partial charge on any atom is 0.183 e. The Morgan fingerprint density at radius 2 is 2.08 bits per heavy atom. The zero-order chi connectivity index (χ0) is 17.0. The summed E-state index contributed by atoms with van der Waals surface area (Å²) in [6.07, 6.45) is 3.39. The van der Waals surface area contributed by atoms with Crippen molar-refractivity contribution in [2.45, 2.75) is 22.6 Å². The van der Waals surface area contributed by atoms with Crippen LogP contribution in [0.25, 0.3) is 11.1 Å². The molecule has 0 saturated carbocycles. The maximum atomic E-state index is 13.0. The normalized spacial score (nSPS) is 24.3. The monoisotopic (exact) mass is 371 g/mol. The second kappa shape index (κ2) is 5.56. The van der Waals surface area contributed by atoms with Crippen molar-refractivity contribution in [1.29, 1.82) is 0 Å². The molecular weight excluding hydrogens is 354 g/mol. The van der Waals surface area contributed by atoms with E-state index >= 15 is 0 Å². The molecule has 0 amide bonds. The van der Waals surface area contributed by atoms with Gasteiger partial charge in [-0.25, -0.2) is 8.42 Å². The molecule has 0 spiro atoms. The van der Waals surface area contributed by atoms with Crippen LogP contribution < -0.4 is 0 Å². The zero-order valence-electron chi connectivity index (χ0n) is 13.5. The zero-order valence-corrected chi connectivity index (χ0v) is 15.1. The second-order valence-corrected chi connectivity index (χ2v) is 9.70. The lowest BCUT2D eigenvalue weighted by atomic mass is 9.95. The first kappa shape index (κ1) is 15.4. The number of benzene rings is 1. The number of fused-ring (bicyclic) bond motifs is 3. The molecule has 1 aromatic carbocycles. The van der Waals surface area contributed by atoms with Crippen LogP contribution in [0.4, 0.5) is 0 Å². The van der Waals surface area contributed by atoms with Gasteiger partial charge < -0.3 is 4.42 Å². The molecule has 2 aromatic heterocycles. The van der Waals surface area contributed by atoms with Crippen molar-refractivity contribution in [2.24, 2.45) is 0 Å². The SMILES string of the molecule is O=S1(=O)c2ccc(-c3ccsc3)cc2[C@H]2CN(Cc3ccoc3)C[C@@H]21. The van der Waals surface area contributed by atoms with E-state index in [4.69, 9.17) is 4.42 Å². The summed E-state index contributed by atoms with van der Waals surface area (Å²) in [5, 5.41) is 3.82. The van der Waals surface area contributed by atoms with E-state index in [1.165, 1.54) is 0 Å². The Bertz CT molecular complexity index is 1010. The van der Waals surface area contributed by atoms with Gasteiger partial charge in [-0.05, 0) is 51.7 Å². The van der Waals surface area contributed by atoms with Crippen LogP contribution in [-0.2, 0) is 16.4 Å². The summed E-state index contributed by atoms with van der Waals surface area (Å²) in [4.78, 5) is 2.75. The number of furan rings is 1. The molecule has 4 heterocycles. The van der Waals surface area contributed by atoms with Gasteiger partial charge >= 0.3 is 0 Å². The fourth-order valence-electron chi connectivity index (χ4n) is 4.10. The van der Waals surface area contributed by atoms with Gasteiger partial charge in [0.2, 0.25) is 0 Å². The summed E-state index contributed by atoms with van der Waals surface area (Å²) in [5.74, 6) is 0.0606. The van der Waals surface area contributed by atoms with Crippen molar-refractivity contribution < 1.29 is 12.8 Å². The Hall–Kier alpha value is -1.89. The topological polar surface area (TPSA) is 50.5 Å². The number of sulfone groups is 1. The lowest BCUT2D eigenvalue weighted by molar-refractivity contribution is 0.324. The van der Waals surface area contributed by atoms with E-state index in [0.717, 1.165) is 35.3 Å². The van der Waals surface area contributed by atoms with E-state index in [0.29, 0.717) is 11.4 Å². The van der Waals surface area contributed by atoms with Crippen molar-refractivity contribution in [3.8, 4) is 11.1 Å². The molecule has 4 nitrogen and oxygen atoms in total. The Morgan fingerprint density at radius 3 is 2.84 bits per heavy atom. The van der Waals surface area contributed by atoms with Crippen molar-refractivity contribution >= 4 is 21.2 Å². The highest BCUT2D eigenvalue weighted by Gasteiger charge is 2.50. The molecule has 2 aliphatic rings. The van der Waals surface area contributed by atoms with E-state index in [2.05, 4.69) is 22.4 Å².